The van der Waals surface area contributed by atoms with Gasteiger partial charge in [0.1, 0.15) is 0 Å². The Morgan fingerprint density at radius 3 is 2.27 bits per heavy atom. The summed E-state index contributed by atoms with van der Waals surface area (Å²) in [4.78, 5) is 14.2. The number of nitrogens with zero attached hydrogens (tertiary/aromatic N) is 1. The van der Waals surface area contributed by atoms with Crippen LogP contribution in [0.2, 0.25) is 0 Å². The third-order valence-electron chi connectivity index (χ3n) is 3.38. The third kappa shape index (κ3) is 2.16. The van der Waals surface area contributed by atoms with Crippen molar-refractivity contribution >= 4 is 17.7 Å². The summed E-state index contributed by atoms with van der Waals surface area (Å²) in [6.45, 7) is 6.11. The van der Waals surface area contributed by atoms with Crippen molar-refractivity contribution in [3.05, 3.63) is 0 Å². The minimum absolute atomic E-state index is 0.188. The number of amides is 1. The molecule has 2 aliphatic rings. The fraction of sp³-hybridized carbons (Fsp3) is 0.909. The van der Waals surface area contributed by atoms with Gasteiger partial charge in [-0.3, -0.25) is 4.79 Å². The maximum atomic E-state index is 12.2. The fourth-order valence-electron chi connectivity index (χ4n) is 2.43. The van der Waals surface area contributed by atoms with Gasteiger partial charge in [-0.25, -0.2) is 0 Å². The van der Waals surface area contributed by atoms with Gasteiger partial charge in [0.25, 0.3) is 0 Å². The van der Waals surface area contributed by atoms with Crippen molar-refractivity contribution in [1.82, 2.24) is 4.90 Å². The first-order valence-corrected chi connectivity index (χ1v) is 6.69. The molecule has 0 aromatic heterocycles. The van der Waals surface area contributed by atoms with E-state index in [-0.39, 0.29) is 5.91 Å². The average Bonchev–Trinajstić information content (AvgIpc) is 2.11. The number of rotatable bonds is 1. The van der Waals surface area contributed by atoms with Gasteiger partial charge < -0.3 is 10.6 Å². The van der Waals surface area contributed by atoms with E-state index in [9.17, 15) is 4.79 Å². The molecule has 1 saturated carbocycles. The second-order valence-corrected chi connectivity index (χ2v) is 6.86. The maximum absolute atomic E-state index is 12.2. The molecule has 86 valence electrons. The van der Waals surface area contributed by atoms with Gasteiger partial charge in [0, 0.05) is 23.6 Å². The number of hydrogen-bond donors (Lipinski definition) is 1. The van der Waals surface area contributed by atoms with E-state index in [0.29, 0.717) is 10.5 Å². The zero-order chi connectivity index (χ0) is 11.1. The lowest BCUT2D eigenvalue weighted by atomic mass is 9.76. The van der Waals surface area contributed by atoms with Crippen LogP contribution in [0.4, 0.5) is 0 Å². The minimum atomic E-state index is -0.512. The van der Waals surface area contributed by atoms with Crippen molar-refractivity contribution in [2.75, 3.05) is 13.1 Å². The Bertz CT molecular complexity index is 255. The van der Waals surface area contributed by atoms with Gasteiger partial charge in [-0.1, -0.05) is 13.8 Å². The number of hydrogen-bond acceptors (Lipinski definition) is 3. The topological polar surface area (TPSA) is 46.3 Å². The first-order chi connectivity index (χ1) is 7.01. The molecule has 15 heavy (non-hydrogen) atoms. The molecule has 1 saturated heterocycles. The molecule has 2 unspecified atom stereocenters. The second kappa shape index (κ2) is 3.98. The van der Waals surface area contributed by atoms with E-state index in [1.807, 2.05) is 16.7 Å². The molecule has 4 heteroatoms. The van der Waals surface area contributed by atoms with Gasteiger partial charge in [-0.2, -0.15) is 11.8 Å². The number of thioether (sulfide) groups is 1. The summed E-state index contributed by atoms with van der Waals surface area (Å²) in [5.74, 6) is 0.188. The third-order valence-corrected chi connectivity index (χ3v) is 4.61. The zero-order valence-electron chi connectivity index (χ0n) is 9.53. The summed E-state index contributed by atoms with van der Waals surface area (Å²) in [5.41, 5.74) is 5.56. The molecule has 0 aromatic rings. The molecule has 3 nitrogen and oxygen atoms in total. The molecule has 0 spiro atoms. The predicted molar refractivity (Wildman–Crippen MR) is 63.9 cm³/mol. The first-order valence-electron chi connectivity index (χ1n) is 5.75. The van der Waals surface area contributed by atoms with Crippen LogP contribution in [0.15, 0.2) is 0 Å². The molecule has 1 heterocycles. The number of carbonyl (C=O) groups excluding carboxylic acids is 1. The van der Waals surface area contributed by atoms with Gasteiger partial charge in [0.05, 0.1) is 5.54 Å². The lowest BCUT2D eigenvalue weighted by Gasteiger charge is -2.43. The smallest absolute Gasteiger partial charge is 0.242 e. The summed E-state index contributed by atoms with van der Waals surface area (Å²) in [6, 6.07) is 0. The molecule has 0 radical (unpaired) electrons. The highest BCUT2D eigenvalue weighted by Crippen LogP contribution is 2.33. The van der Waals surface area contributed by atoms with Gasteiger partial charge in [-0.15, -0.1) is 0 Å². The SMILES string of the molecule is CC1CN(C(=O)C2(N)CCC2)CC(C)S1. The van der Waals surface area contributed by atoms with Crippen molar-refractivity contribution in [2.45, 2.75) is 49.1 Å². The van der Waals surface area contributed by atoms with E-state index < -0.39 is 5.54 Å². The number of nitrogens with two attached hydrogens (primary N) is 1. The molecule has 2 atom stereocenters. The fourth-order valence-corrected chi connectivity index (χ4v) is 3.76. The number of carbonyl (C=O) groups is 1. The largest absolute Gasteiger partial charge is 0.339 e. The van der Waals surface area contributed by atoms with Gasteiger partial charge in [0.2, 0.25) is 5.91 Å². The van der Waals surface area contributed by atoms with Crippen molar-refractivity contribution in [2.24, 2.45) is 5.73 Å². The monoisotopic (exact) mass is 228 g/mol. The Labute approximate surface area is 95.8 Å². The molecule has 1 aliphatic carbocycles. The molecule has 0 bridgehead atoms. The Morgan fingerprint density at radius 2 is 1.87 bits per heavy atom. The summed E-state index contributed by atoms with van der Waals surface area (Å²) >= 11 is 1.96. The van der Waals surface area contributed by atoms with Crippen LogP contribution in [0.25, 0.3) is 0 Å². The molecule has 2 fully saturated rings. The van der Waals surface area contributed by atoms with Crippen LogP contribution < -0.4 is 5.73 Å². The van der Waals surface area contributed by atoms with Crippen LogP contribution in [0.1, 0.15) is 33.1 Å². The molecule has 1 aliphatic heterocycles. The molecule has 2 N–H and O–H groups in total. The average molecular weight is 228 g/mol. The van der Waals surface area contributed by atoms with Crippen LogP contribution in [-0.4, -0.2) is 39.9 Å². The molecule has 1 amide bonds. The summed E-state index contributed by atoms with van der Waals surface area (Å²) in [7, 11) is 0. The Morgan fingerprint density at radius 1 is 1.33 bits per heavy atom. The highest BCUT2D eigenvalue weighted by molar-refractivity contribution is 8.00. The van der Waals surface area contributed by atoms with Crippen molar-refractivity contribution in [1.29, 1.82) is 0 Å². The van der Waals surface area contributed by atoms with Crippen molar-refractivity contribution in [3.8, 4) is 0 Å². The molecular formula is C11H20N2OS. The molecule has 0 aromatic carbocycles. The molecular weight excluding hydrogens is 208 g/mol. The standard InChI is InChI=1S/C11H20N2OS/c1-8-6-13(7-9(2)15-8)10(14)11(12)4-3-5-11/h8-9H,3-7,12H2,1-2H3. The van der Waals surface area contributed by atoms with Crippen LogP contribution in [0.3, 0.4) is 0 Å². The Balaban J connectivity index is 2.00. The van der Waals surface area contributed by atoms with Gasteiger partial charge >= 0.3 is 0 Å². The van der Waals surface area contributed by atoms with Crippen molar-refractivity contribution in [3.63, 3.8) is 0 Å². The van der Waals surface area contributed by atoms with Gasteiger partial charge in [-0.05, 0) is 19.3 Å². The van der Waals surface area contributed by atoms with E-state index in [1.54, 1.807) is 0 Å². The van der Waals surface area contributed by atoms with E-state index in [0.717, 1.165) is 32.4 Å². The van der Waals surface area contributed by atoms with E-state index >= 15 is 0 Å². The highest BCUT2D eigenvalue weighted by atomic mass is 32.2. The lowest BCUT2D eigenvalue weighted by molar-refractivity contribution is -0.140. The zero-order valence-corrected chi connectivity index (χ0v) is 10.3. The van der Waals surface area contributed by atoms with Crippen LogP contribution in [0.5, 0.6) is 0 Å². The highest BCUT2D eigenvalue weighted by Gasteiger charge is 2.43. The normalized spacial score (nSPS) is 34.7. The van der Waals surface area contributed by atoms with Crippen LogP contribution in [0, 0.1) is 0 Å². The van der Waals surface area contributed by atoms with Gasteiger partial charge in [0.15, 0.2) is 0 Å². The summed E-state index contributed by atoms with van der Waals surface area (Å²) < 4.78 is 0. The van der Waals surface area contributed by atoms with Crippen molar-refractivity contribution < 1.29 is 4.79 Å². The second-order valence-electron chi connectivity index (χ2n) is 4.98. The molecule has 2 rings (SSSR count). The van der Waals surface area contributed by atoms with E-state index in [2.05, 4.69) is 13.8 Å². The summed E-state index contributed by atoms with van der Waals surface area (Å²) in [5, 5.41) is 1.09. The predicted octanol–water partition coefficient (Wildman–Crippen LogP) is 1.22. The quantitative estimate of drug-likeness (QED) is 0.734. The van der Waals surface area contributed by atoms with E-state index in [1.165, 1.54) is 0 Å². The van der Waals surface area contributed by atoms with Crippen LogP contribution >= 0.6 is 11.8 Å². The first kappa shape index (κ1) is 11.3. The maximum Gasteiger partial charge on any atom is 0.242 e. The van der Waals surface area contributed by atoms with Crippen LogP contribution in [-0.2, 0) is 4.79 Å². The Hall–Kier alpha value is -0.220. The summed E-state index contributed by atoms with van der Waals surface area (Å²) in [6.07, 6.45) is 2.85. The lowest BCUT2D eigenvalue weighted by Crippen LogP contribution is -2.61. The Kier molecular flexibility index (Phi) is 2.99. The van der Waals surface area contributed by atoms with E-state index in [4.69, 9.17) is 5.73 Å². The minimum Gasteiger partial charge on any atom is -0.339 e.